The van der Waals surface area contributed by atoms with Gasteiger partial charge in [0.1, 0.15) is 0 Å². The molecule has 1 aliphatic carbocycles. The molecule has 0 bridgehead atoms. The lowest BCUT2D eigenvalue weighted by Crippen LogP contribution is -2.41. The highest BCUT2D eigenvalue weighted by Crippen LogP contribution is 2.33. The summed E-state index contributed by atoms with van der Waals surface area (Å²) in [5.74, 6) is 0.0989. The smallest absolute Gasteiger partial charge is 0.387 e. The Balaban J connectivity index is 2.10. The van der Waals surface area contributed by atoms with Crippen LogP contribution in [0.15, 0.2) is 18.2 Å². The molecule has 1 amide bonds. The molecule has 1 aliphatic rings. The fourth-order valence-electron chi connectivity index (χ4n) is 2.12. The molecule has 1 atom stereocenters. The fourth-order valence-corrected chi connectivity index (χ4v) is 2.12. The van der Waals surface area contributed by atoms with Crippen LogP contribution < -0.4 is 20.5 Å². The van der Waals surface area contributed by atoms with Gasteiger partial charge in [-0.3, -0.25) is 4.79 Å². The predicted molar refractivity (Wildman–Crippen MR) is 72.7 cm³/mol. The third-order valence-electron chi connectivity index (χ3n) is 3.40. The zero-order chi connectivity index (χ0) is 15.4. The van der Waals surface area contributed by atoms with E-state index in [0.717, 1.165) is 12.8 Å². The summed E-state index contributed by atoms with van der Waals surface area (Å²) in [7, 11) is 1.32. The van der Waals surface area contributed by atoms with E-state index in [1.165, 1.54) is 25.3 Å². The second-order valence-electron chi connectivity index (χ2n) is 4.90. The number of benzene rings is 1. The zero-order valence-corrected chi connectivity index (χ0v) is 11.6. The molecule has 1 aromatic rings. The number of carbonyl (C=O) groups is 1. The lowest BCUT2D eigenvalue weighted by atomic mass is 10.1. The van der Waals surface area contributed by atoms with E-state index in [2.05, 4.69) is 10.1 Å². The Morgan fingerprint density at radius 3 is 2.67 bits per heavy atom. The SMILES string of the molecule is COc1cc(C(=O)NC(CN)C2CC2)ccc1OC(F)F. The van der Waals surface area contributed by atoms with Crippen molar-refractivity contribution < 1.29 is 23.0 Å². The molecule has 0 aliphatic heterocycles. The van der Waals surface area contributed by atoms with E-state index in [4.69, 9.17) is 10.5 Å². The summed E-state index contributed by atoms with van der Waals surface area (Å²) in [4.78, 5) is 12.1. The van der Waals surface area contributed by atoms with Crippen LogP contribution >= 0.6 is 0 Å². The average molecular weight is 300 g/mol. The predicted octanol–water partition coefficient (Wildman–Crippen LogP) is 1.76. The van der Waals surface area contributed by atoms with Gasteiger partial charge in [0, 0.05) is 18.2 Å². The lowest BCUT2D eigenvalue weighted by Gasteiger charge is -2.17. The van der Waals surface area contributed by atoms with Crippen LogP contribution in [-0.2, 0) is 0 Å². The number of methoxy groups -OCH3 is 1. The molecule has 3 N–H and O–H groups in total. The first kappa shape index (κ1) is 15.5. The second kappa shape index (κ2) is 6.71. The summed E-state index contributed by atoms with van der Waals surface area (Å²) in [5, 5.41) is 2.85. The van der Waals surface area contributed by atoms with Crippen molar-refractivity contribution in [1.82, 2.24) is 5.32 Å². The Morgan fingerprint density at radius 2 is 2.14 bits per heavy atom. The van der Waals surface area contributed by atoms with Crippen molar-refractivity contribution in [1.29, 1.82) is 0 Å². The molecule has 1 unspecified atom stereocenters. The first-order valence-corrected chi connectivity index (χ1v) is 6.69. The Hall–Kier alpha value is -1.89. The Morgan fingerprint density at radius 1 is 1.43 bits per heavy atom. The van der Waals surface area contributed by atoms with Gasteiger partial charge < -0.3 is 20.5 Å². The number of alkyl halides is 2. The summed E-state index contributed by atoms with van der Waals surface area (Å²) in [6.07, 6.45) is 2.12. The molecule has 1 aromatic carbocycles. The van der Waals surface area contributed by atoms with Crippen LogP contribution in [0.3, 0.4) is 0 Å². The molecule has 5 nitrogen and oxygen atoms in total. The molecule has 0 radical (unpaired) electrons. The largest absolute Gasteiger partial charge is 0.493 e. The van der Waals surface area contributed by atoms with E-state index in [1.807, 2.05) is 0 Å². The molecular formula is C14H18F2N2O3. The van der Waals surface area contributed by atoms with Gasteiger partial charge in [-0.25, -0.2) is 0 Å². The third kappa shape index (κ3) is 4.04. The van der Waals surface area contributed by atoms with Crippen LogP contribution in [-0.4, -0.2) is 32.2 Å². The van der Waals surface area contributed by atoms with Crippen molar-refractivity contribution in [2.45, 2.75) is 25.5 Å². The molecule has 0 heterocycles. The van der Waals surface area contributed by atoms with Gasteiger partial charge in [-0.15, -0.1) is 0 Å². The maximum atomic E-state index is 12.2. The van der Waals surface area contributed by atoms with Crippen LogP contribution in [0.5, 0.6) is 11.5 Å². The highest BCUT2D eigenvalue weighted by molar-refractivity contribution is 5.95. The highest BCUT2D eigenvalue weighted by Gasteiger charge is 2.31. The lowest BCUT2D eigenvalue weighted by molar-refractivity contribution is -0.0512. The number of hydrogen-bond donors (Lipinski definition) is 2. The summed E-state index contributed by atoms with van der Waals surface area (Å²) >= 11 is 0. The molecule has 0 saturated heterocycles. The molecule has 116 valence electrons. The number of carbonyl (C=O) groups excluding carboxylic acids is 1. The number of rotatable bonds is 7. The summed E-state index contributed by atoms with van der Waals surface area (Å²) in [5.41, 5.74) is 5.94. The highest BCUT2D eigenvalue weighted by atomic mass is 19.3. The summed E-state index contributed by atoms with van der Waals surface area (Å²) in [6.45, 7) is -2.57. The minimum atomic E-state index is -2.95. The van der Waals surface area contributed by atoms with Crippen molar-refractivity contribution in [3.63, 3.8) is 0 Å². The number of hydrogen-bond acceptors (Lipinski definition) is 4. The van der Waals surface area contributed by atoms with Crippen molar-refractivity contribution in [3.05, 3.63) is 23.8 Å². The van der Waals surface area contributed by atoms with Crippen molar-refractivity contribution >= 4 is 5.91 Å². The van der Waals surface area contributed by atoms with Gasteiger partial charge >= 0.3 is 6.61 Å². The summed E-state index contributed by atoms with van der Waals surface area (Å²) < 4.78 is 33.8. The standard InChI is InChI=1S/C14H18F2N2O3/c1-20-12-6-9(4-5-11(12)21-14(15)16)13(19)18-10(7-17)8-2-3-8/h4-6,8,10,14H,2-3,7,17H2,1H3,(H,18,19). The molecule has 0 spiro atoms. The van der Waals surface area contributed by atoms with Crippen molar-refractivity contribution in [2.75, 3.05) is 13.7 Å². The quantitative estimate of drug-likeness (QED) is 0.805. The number of ether oxygens (including phenoxy) is 2. The van der Waals surface area contributed by atoms with Crippen LogP contribution in [0.1, 0.15) is 23.2 Å². The molecule has 21 heavy (non-hydrogen) atoms. The van der Waals surface area contributed by atoms with Gasteiger partial charge in [-0.05, 0) is 37.0 Å². The van der Waals surface area contributed by atoms with Gasteiger partial charge in [0.15, 0.2) is 11.5 Å². The van der Waals surface area contributed by atoms with Crippen molar-refractivity contribution in [2.24, 2.45) is 11.7 Å². The molecule has 7 heteroatoms. The van der Waals surface area contributed by atoms with E-state index >= 15 is 0 Å². The monoisotopic (exact) mass is 300 g/mol. The maximum Gasteiger partial charge on any atom is 0.387 e. The van der Waals surface area contributed by atoms with Crippen LogP contribution in [0, 0.1) is 5.92 Å². The number of halogens is 2. The normalized spacial score (nSPS) is 15.7. The molecule has 1 saturated carbocycles. The molecular weight excluding hydrogens is 282 g/mol. The fraction of sp³-hybridized carbons (Fsp3) is 0.500. The van der Waals surface area contributed by atoms with Crippen LogP contribution in [0.2, 0.25) is 0 Å². The first-order valence-electron chi connectivity index (χ1n) is 6.69. The Bertz CT molecular complexity index is 507. The van der Waals surface area contributed by atoms with Gasteiger partial charge in [-0.1, -0.05) is 0 Å². The van der Waals surface area contributed by atoms with Gasteiger partial charge in [0.25, 0.3) is 5.91 Å². The number of nitrogens with two attached hydrogens (primary N) is 1. The average Bonchev–Trinajstić information content (AvgIpc) is 3.28. The van der Waals surface area contributed by atoms with Crippen LogP contribution in [0.4, 0.5) is 8.78 Å². The number of amides is 1. The minimum Gasteiger partial charge on any atom is -0.493 e. The van der Waals surface area contributed by atoms with E-state index in [0.29, 0.717) is 18.0 Å². The van der Waals surface area contributed by atoms with E-state index in [9.17, 15) is 13.6 Å². The van der Waals surface area contributed by atoms with E-state index in [1.54, 1.807) is 0 Å². The van der Waals surface area contributed by atoms with Gasteiger partial charge in [-0.2, -0.15) is 8.78 Å². The molecule has 0 aromatic heterocycles. The zero-order valence-electron chi connectivity index (χ0n) is 11.6. The molecule has 2 rings (SSSR count). The Kier molecular flexibility index (Phi) is 4.95. The third-order valence-corrected chi connectivity index (χ3v) is 3.40. The topological polar surface area (TPSA) is 73.6 Å². The van der Waals surface area contributed by atoms with Crippen LogP contribution in [0.25, 0.3) is 0 Å². The van der Waals surface area contributed by atoms with Crippen molar-refractivity contribution in [3.8, 4) is 11.5 Å². The maximum absolute atomic E-state index is 12.2. The van der Waals surface area contributed by atoms with E-state index in [-0.39, 0.29) is 23.4 Å². The number of nitrogens with one attached hydrogen (secondary N) is 1. The first-order chi connectivity index (χ1) is 10.0. The van der Waals surface area contributed by atoms with Gasteiger partial charge in [0.05, 0.1) is 7.11 Å². The van der Waals surface area contributed by atoms with Gasteiger partial charge in [0.2, 0.25) is 0 Å². The summed E-state index contributed by atoms with van der Waals surface area (Å²) in [6, 6.07) is 4.01. The van der Waals surface area contributed by atoms with E-state index < -0.39 is 6.61 Å². The second-order valence-corrected chi connectivity index (χ2v) is 4.90. The minimum absolute atomic E-state index is 0.0551. The Labute approximate surface area is 121 Å². The molecule has 1 fully saturated rings.